The average molecular weight is 539 g/mol. The van der Waals surface area contributed by atoms with Crippen LogP contribution in [-0.4, -0.2) is 53.5 Å². The Morgan fingerprint density at radius 1 is 0.974 bits per heavy atom. The monoisotopic (exact) mass is 538 g/mol. The summed E-state index contributed by atoms with van der Waals surface area (Å²) in [4.78, 5) is 29.7. The summed E-state index contributed by atoms with van der Waals surface area (Å²) >= 11 is 6.15. The van der Waals surface area contributed by atoms with Crippen molar-refractivity contribution in [3.8, 4) is 5.75 Å². The fourth-order valence-corrected chi connectivity index (χ4v) is 4.66. The molecule has 3 aromatic carbocycles. The van der Waals surface area contributed by atoms with Gasteiger partial charge < -0.3 is 20.3 Å². The van der Waals surface area contributed by atoms with E-state index in [0.717, 1.165) is 11.1 Å². The van der Waals surface area contributed by atoms with Gasteiger partial charge in [0.05, 0.1) is 5.69 Å². The van der Waals surface area contributed by atoms with Gasteiger partial charge in [0, 0.05) is 43.3 Å². The zero-order valence-corrected chi connectivity index (χ0v) is 22.2. The van der Waals surface area contributed by atoms with Crippen LogP contribution in [0.5, 0.6) is 5.75 Å². The highest BCUT2D eigenvalue weighted by Crippen LogP contribution is 2.28. The topological polar surface area (TPSA) is 73.9 Å². The number of anilines is 1. The standard InChI is InChI=1S/C29H32ClFN4O3/c1-20-17-35(21(2)16-34(20)18-23-8-11-25(31)12-9-23)28(36)19-38-27-13-10-24(30)14-26(27)33-29(37)32-15-22-6-4-3-5-7-22/h3-14,20-21H,15-19H2,1-2H3,(H2,32,33,37)/t20-,21+/m1/s1. The molecule has 1 aliphatic rings. The molecule has 0 aliphatic carbocycles. The maximum Gasteiger partial charge on any atom is 0.319 e. The van der Waals surface area contributed by atoms with E-state index in [-0.39, 0.29) is 30.4 Å². The van der Waals surface area contributed by atoms with Crippen molar-refractivity contribution in [3.63, 3.8) is 0 Å². The number of urea groups is 1. The van der Waals surface area contributed by atoms with Crippen LogP contribution in [0.15, 0.2) is 72.8 Å². The quantitative estimate of drug-likeness (QED) is 0.408. The first kappa shape index (κ1) is 27.4. The number of hydrogen-bond acceptors (Lipinski definition) is 4. The third kappa shape index (κ3) is 7.46. The number of carbonyl (C=O) groups is 2. The highest BCUT2D eigenvalue weighted by atomic mass is 35.5. The van der Waals surface area contributed by atoms with Gasteiger partial charge >= 0.3 is 6.03 Å². The first-order valence-corrected chi connectivity index (χ1v) is 13.0. The molecule has 3 aromatic rings. The molecule has 1 saturated heterocycles. The van der Waals surface area contributed by atoms with Gasteiger partial charge in [-0.2, -0.15) is 0 Å². The van der Waals surface area contributed by atoms with Crippen LogP contribution in [0.1, 0.15) is 25.0 Å². The average Bonchev–Trinajstić information content (AvgIpc) is 2.90. The first-order valence-electron chi connectivity index (χ1n) is 12.6. The van der Waals surface area contributed by atoms with E-state index in [1.54, 1.807) is 30.3 Å². The molecule has 1 heterocycles. The summed E-state index contributed by atoms with van der Waals surface area (Å²) in [6, 6.07) is 20.6. The number of amides is 3. The number of nitrogens with zero attached hydrogens (tertiary/aromatic N) is 2. The minimum atomic E-state index is -0.410. The summed E-state index contributed by atoms with van der Waals surface area (Å²) in [5, 5.41) is 5.99. The first-order chi connectivity index (χ1) is 18.3. The van der Waals surface area contributed by atoms with Gasteiger partial charge in [-0.3, -0.25) is 9.69 Å². The molecule has 0 unspecified atom stereocenters. The van der Waals surface area contributed by atoms with Crippen LogP contribution in [-0.2, 0) is 17.9 Å². The number of benzene rings is 3. The molecule has 7 nitrogen and oxygen atoms in total. The van der Waals surface area contributed by atoms with Crippen molar-refractivity contribution in [1.82, 2.24) is 15.1 Å². The van der Waals surface area contributed by atoms with Crippen molar-refractivity contribution in [2.45, 2.75) is 39.0 Å². The molecule has 0 saturated carbocycles. The minimum absolute atomic E-state index is 0.0191. The minimum Gasteiger partial charge on any atom is -0.482 e. The van der Waals surface area contributed by atoms with Gasteiger partial charge in [0.25, 0.3) is 5.91 Å². The van der Waals surface area contributed by atoms with E-state index in [0.29, 0.717) is 42.6 Å². The number of hydrogen-bond donors (Lipinski definition) is 2. The Bertz CT molecular complexity index is 1240. The van der Waals surface area contributed by atoms with Crippen LogP contribution >= 0.6 is 11.6 Å². The SMILES string of the molecule is C[C@@H]1CN(C(=O)COc2ccc(Cl)cc2NC(=O)NCc2ccccc2)[C@@H](C)CN1Cc1ccc(F)cc1. The molecule has 2 N–H and O–H groups in total. The zero-order chi connectivity index (χ0) is 27.1. The van der Waals surface area contributed by atoms with Crippen LogP contribution in [0.3, 0.4) is 0 Å². The Balaban J connectivity index is 1.32. The molecule has 0 radical (unpaired) electrons. The van der Waals surface area contributed by atoms with Crippen molar-refractivity contribution in [1.29, 1.82) is 0 Å². The molecule has 1 fully saturated rings. The van der Waals surface area contributed by atoms with Gasteiger partial charge in [0.2, 0.25) is 0 Å². The normalized spacial score (nSPS) is 17.6. The van der Waals surface area contributed by atoms with Gasteiger partial charge in [-0.05, 0) is 55.3 Å². The van der Waals surface area contributed by atoms with Crippen LogP contribution in [0.25, 0.3) is 0 Å². The third-order valence-electron chi connectivity index (χ3n) is 6.57. The summed E-state index contributed by atoms with van der Waals surface area (Å²) in [6.07, 6.45) is 0. The molecule has 0 bridgehead atoms. The van der Waals surface area contributed by atoms with Gasteiger partial charge in [0.1, 0.15) is 11.6 Å². The number of ether oxygens (including phenoxy) is 1. The second-order valence-corrected chi connectivity index (χ2v) is 9.96. The van der Waals surface area contributed by atoms with Crippen LogP contribution in [0.2, 0.25) is 5.02 Å². The molecule has 200 valence electrons. The fourth-order valence-electron chi connectivity index (χ4n) is 4.48. The van der Waals surface area contributed by atoms with Crippen LogP contribution in [0, 0.1) is 5.82 Å². The van der Waals surface area contributed by atoms with Crippen molar-refractivity contribution in [2.24, 2.45) is 0 Å². The van der Waals surface area contributed by atoms with Crippen molar-refractivity contribution in [3.05, 3.63) is 94.8 Å². The van der Waals surface area contributed by atoms with Gasteiger partial charge in [0.15, 0.2) is 6.61 Å². The molecule has 1 aliphatic heterocycles. The number of nitrogens with one attached hydrogen (secondary N) is 2. The zero-order valence-electron chi connectivity index (χ0n) is 21.5. The highest BCUT2D eigenvalue weighted by Gasteiger charge is 2.32. The van der Waals surface area contributed by atoms with E-state index in [9.17, 15) is 14.0 Å². The third-order valence-corrected chi connectivity index (χ3v) is 6.81. The van der Waals surface area contributed by atoms with Crippen molar-refractivity contribution < 1.29 is 18.7 Å². The Labute approximate surface area is 227 Å². The molecule has 3 amide bonds. The highest BCUT2D eigenvalue weighted by molar-refractivity contribution is 6.31. The van der Waals surface area contributed by atoms with Crippen LogP contribution in [0.4, 0.5) is 14.9 Å². The summed E-state index contributed by atoms with van der Waals surface area (Å²) in [7, 11) is 0. The van der Waals surface area contributed by atoms with E-state index in [1.807, 2.05) is 42.2 Å². The summed E-state index contributed by atoms with van der Waals surface area (Å²) in [5.74, 6) is -0.0362. The molecule has 38 heavy (non-hydrogen) atoms. The Hall–Kier alpha value is -3.62. The summed E-state index contributed by atoms with van der Waals surface area (Å²) < 4.78 is 19.1. The molecular formula is C29H32ClFN4O3. The lowest BCUT2D eigenvalue weighted by molar-refractivity contribution is -0.139. The largest absolute Gasteiger partial charge is 0.482 e. The smallest absolute Gasteiger partial charge is 0.319 e. The molecular weight excluding hydrogens is 507 g/mol. The van der Waals surface area contributed by atoms with E-state index in [4.69, 9.17) is 16.3 Å². The number of piperazine rings is 1. The Morgan fingerprint density at radius 2 is 1.71 bits per heavy atom. The van der Waals surface area contributed by atoms with E-state index >= 15 is 0 Å². The molecule has 0 spiro atoms. The molecule has 0 aromatic heterocycles. The summed E-state index contributed by atoms with van der Waals surface area (Å²) in [6.45, 7) is 6.22. The second kappa shape index (κ2) is 12.8. The van der Waals surface area contributed by atoms with Crippen molar-refractivity contribution in [2.75, 3.05) is 25.0 Å². The number of rotatable bonds is 8. The molecule has 4 rings (SSSR count). The van der Waals surface area contributed by atoms with Gasteiger partial charge in [-0.1, -0.05) is 54.1 Å². The lowest BCUT2D eigenvalue weighted by atomic mass is 10.1. The van der Waals surface area contributed by atoms with Crippen LogP contribution < -0.4 is 15.4 Å². The predicted molar refractivity (Wildman–Crippen MR) is 147 cm³/mol. The predicted octanol–water partition coefficient (Wildman–Crippen LogP) is 5.30. The lowest BCUT2D eigenvalue weighted by Gasteiger charge is -2.44. The number of halogens is 2. The lowest BCUT2D eigenvalue weighted by Crippen LogP contribution is -2.58. The Kier molecular flexibility index (Phi) is 9.20. The van der Waals surface area contributed by atoms with E-state index < -0.39 is 6.03 Å². The molecule has 9 heteroatoms. The maximum absolute atomic E-state index is 13.2. The second-order valence-electron chi connectivity index (χ2n) is 9.52. The van der Waals surface area contributed by atoms with Gasteiger partial charge in [-0.25, -0.2) is 9.18 Å². The maximum atomic E-state index is 13.2. The number of carbonyl (C=O) groups excluding carboxylic acids is 2. The Morgan fingerprint density at radius 3 is 2.45 bits per heavy atom. The van der Waals surface area contributed by atoms with E-state index in [1.165, 1.54) is 12.1 Å². The molecule has 2 atom stereocenters. The summed E-state index contributed by atoms with van der Waals surface area (Å²) in [5.41, 5.74) is 2.38. The fraction of sp³-hybridized carbons (Fsp3) is 0.310. The van der Waals surface area contributed by atoms with E-state index in [2.05, 4.69) is 22.5 Å². The van der Waals surface area contributed by atoms with Gasteiger partial charge in [-0.15, -0.1) is 0 Å². The van der Waals surface area contributed by atoms with Crippen molar-refractivity contribution >= 4 is 29.2 Å².